The summed E-state index contributed by atoms with van der Waals surface area (Å²) in [7, 11) is 0. The fraction of sp³-hybridized carbons (Fsp3) is 0.333. The number of ether oxygens (including phenoxy) is 2. The molecule has 1 amide bonds. The Morgan fingerprint density at radius 1 is 1.11 bits per heavy atom. The summed E-state index contributed by atoms with van der Waals surface area (Å²) in [5.74, 6) is -1.41. The zero-order chi connectivity index (χ0) is 31.8. The highest BCUT2D eigenvalue weighted by atomic mass is 16.6. The van der Waals surface area contributed by atoms with Crippen LogP contribution in [0, 0.1) is 0 Å². The number of pyridine rings is 2. The van der Waals surface area contributed by atoms with Crippen LogP contribution in [0.3, 0.4) is 0 Å². The molecule has 1 fully saturated rings. The van der Waals surface area contributed by atoms with Gasteiger partial charge in [-0.2, -0.15) is 4.98 Å². The molecule has 0 aliphatic carbocycles. The van der Waals surface area contributed by atoms with E-state index in [1.807, 2.05) is 30.3 Å². The highest BCUT2D eigenvalue weighted by Crippen LogP contribution is 2.43. The Hall–Kier alpha value is -4.96. The number of hydrogen-bond donors (Lipinski definition) is 4. The number of nitrogens with zero attached hydrogens (tertiary/aromatic N) is 5. The SMILES string of the molecule is CCC1(N(C(=O)O)c2ccn(C3OC(CO)C(O)C3O)c(=O)n2)C(=O)OCc2c1cc1n(c2=O)Cc2cc3ccccc3nc2-1. The number of hydrogen-bond acceptors (Lipinski definition) is 11. The molecular weight excluding hydrogens is 590 g/mol. The number of carboxylic acid groups (broad SMARTS) is 1. The lowest BCUT2D eigenvalue weighted by Crippen LogP contribution is -2.58. The maximum atomic E-state index is 13.9. The molecule has 4 aromatic rings. The van der Waals surface area contributed by atoms with E-state index in [9.17, 15) is 39.6 Å². The summed E-state index contributed by atoms with van der Waals surface area (Å²) in [6, 6.07) is 12.1. The van der Waals surface area contributed by atoms with Crippen LogP contribution in [0.5, 0.6) is 0 Å². The molecule has 5 atom stereocenters. The van der Waals surface area contributed by atoms with Gasteiger partial charge in [-0.1, -0.05) is 25.1 Å². The van der Waals surface area contributed by atoms with Crippen molar-refractivity contribution in [3.05, 3.63) is 86.2 Å². The van der Waals surface area contributed by atoms with Crippen molar-refractivity contribution < 1.29 is 39.5 Å². The Morgan fingerprint density at radius 3 is 2.58 bits per heavy atom. The van der Waals surface area contributed by atoms with E-state index in [1.54, 1.807) is 13.0 Å². The van der Waals surface area contributed by atoms with Gasteiger partial charge in [0, 0.05) is 22.7 Å². The first-order valence-electron chi connectivity index (χ1n) is 14.2. The molecule has 15 heteroatoms. The molecule has 1 aromatic carbocycles. The fourth-order valence-corrected chi connectivity index (χ4v) is 6.58. The van der Waals surface area contributed by atoms with Gasteiger partial charge >= 0.3 is 17.8 Å². The van der Waals surface area contributed by atoms with E-state index in [0.29, 0.717) is 21.8 Å². The maximum Gasteiger partial charge on any atom is 0.414 e. The molecule has 1 saturated heterocycles. The normalized spacial score (nSPS) is 25.0. The van der Waals surface area contributed by atoms with Gasteiger partial charge in [0.05, 0.1) is 35.6 Å². The molecule has 5 unspecified atom stereocenters. The predicted octanol–water partition coefficient (Wildman–Crippen LogP) is 0.440. The highest BCUT2D eigenvalue weighted by Gasteiger charge is 2.54. The van der Waals surface area contributed by atoms with Gasteiger partial charge in [0.1, 0.15) is 30.7 Å². The lowest BCUT2D eigenvalue weighted by atomic mass is 9.81. The highest BCUT2D eigenvalue weighted by molar-refractivity contribution is 5.99. The van der Waals surface area contributed by atoms with Crippen molar-refractivity contribution in [1.82, 2.24) is 19.1 Å². The standard InChI is InChI=1S/C30H27N5O10/c1-2-30(35(29(42)43)21-7-8-33(28(41)32-21)26-24(38)23(37)20(12-36)45-26)17-10-19-22-15(9-14-5-3-4-6-18(14)31-22)11-34(19)25(39)16(17)13-44-27(30)40/h3-10,20,23-24,26,36-38H,2,11-13H2,1H3,(H,42,43). The van der Waals surface area contributed by atoms with E-state index in [4.69, 9.17) is 14.5 Å². The van der Waals surface area contributed by atoms with Crippen molar-refractivity contribution in [2.45, 2.75) is 56.6 Å². The molecule has 7 rings (SSSR count). The third-order valence-electron chi connectivity index (χ3n) is 8.83. The van der Waals surface area contributed by atoms with Gasteiger partial charge in [-0.05, 0) is 30.7 Å². The molecule has 4 N–H and O–H groups in total. The van der Waals surface area contributed by atoms with Gasteiger partial charge in [0.15, 0.2) is 11.8 Å². The zero-order valence-corrected chi connectivity index (χ0v) is 23.7. The number of fused-ring (bicyclic) bond motifs is 5. The van der Waals surface area contributed by atoms with E-state index in [-0.39, 0.29) is 30.7 Å². The fourth-order valence-electron chi connectivity index (χ4n) is 6.58. The number of aliphatic hydroxyl groups excluding tert-OH is 3. The third kappa shape index (κ3) is 4.05. The topological polar surface area (TPSA) is 207 Å². The van der Waals surface area contributed by atoms with Gasteiger partial charge in [-0.15, -0.1) is 0 Å². The number of aliphatic hydroxyl groups is 3. The van der Waals surface area contributed by atoms with Crippen molar-refractivity contribution in [2.24, 2.45) is 0 Å². The second-order valence-electron chi connectivity index (χ2n) is 11.1. The molecule has 15 nitrogen and oxygen atoms in total. The van der Waals surface area contributed by atoms with Crippen LogP contribution >= 0.6 is 0 Å². The molecule has 45 heavy (non-hydrogen) atoms. The predicted molar refractivity (Wildman–Crippen MR) is 154 cm³/mol. The van der Waals surface area contributed by atoms with Crippen LogP contribution in [-0.4, -0.2) is 76.5 Å². The number of esters is 1. The minimum Gasteiger partial charge on any atom is -0.465 e. The van der Waals surface area contributed by atoms with E-state index in [0.717, 1.165) is 27.8 Å². The number of benzene rings is 1. The van der Waals surface area contributed by atoms with E-state index >= 15 is 0 Å². The van der Waals surface area contributed by atoms with E-state index in [2.05, 4.69) is 4.98 Å². The van der Waals surface area contributed by atoms with Crippen LogP contribution in [-0.2, 0) is 33.0 Å². The summed E-state index contributed by atoms with van der Waals surface area (Å²) in [6.45, 7) is 0.777. The average molecular weight is 618 g/mol. The summed E-state index contributed by atoms with van der Waals surface area (Å²) >= 11 is 0. The van der Waals surface area contributed by atoms with Crippen LogP contribution in [0.1, 0.15) is 36.3 Å². The van der Waals surface area contributed by atoms with Crippen molar-refractivity contribution in [3.8, 4) is 11.4 Å². The van der Waals surface area contributed by atoms with Gasteiger partial charge < -0.3 is 34.5 Å². The molecule has 0 saturated carbocycles. The Kier molecular flexibility index (Phi) is 6.59. The molecule has 3 aliphatic rings. The largest absolute Gasteiger partial charge is 0.465 e. The molecule has 0 spiro atoms. The van der Waals surface area contributed by atoms with E-state index in [1.165, 1.54) is 4.57 Å². The Morgan fingerprint density at radius 2 is 1.89 bits per heavy atom. The summed E-state index contributed by atoms with van der Waals surface area (Å²) < 4.78 is 13.2. The number of cyclic esters (lactones) is 1. The first-order valence-corrected chi connectivity index (χ1v) is 14.2. The van der Waals surface area contributed by atoms with Crippen LogP contribution in [0.15, 0.2) is 58.3 Å². The molecular formula is C30H27N5O10. The first-order chi connectivity index (χ1) is 21.6. The lowest BCUT2D eigenvalue weighted by Gasteiger charge is -2.42. The van der Waals surface area contributed by atoms with Crippen LogP contribution in [0.25, 0.3) is 22.3 Å². The number of amides is 1. The van der Waals surface area contributed by atoms with Gasteiger partial charge in [-0.25, -0.2) is 24.3 Å². The molecule has 0 bridgehead atoms. The number of carbonyl (C=O) groups excluding carboxylic acids is 1. The first kappa shape index (κ1) is 28.8. The molecule has 3 aliphatic heterocycles. The van der Waals surface area contributed by atoms with Crippen LogP contribution in [0.4, 0.5) is 10.6 Å². The molecule has 232 valence electrons. The lowest BCUT2D eigenvalue weighted by molar-refractivity contribution is -0.154. The molecule has 0 radical (unpaired) electrons. The van der Waals surface area contributed by atoms with Crippen molar-refractivity contribution in [3.63, 3.8) is 0 Å². The Labute approximate surface area is 253 Å². The summed E-state index contributed by atoms with van der Waals surface area (Å²) in [4.78, 5) is 63.0. The third-order valence-corrected chi connectivity index (χ3v) is 8.83. The second-order valence-corrected chi connectivity index (χ2v) is 11.1. The average Bonchev–Trinajstić information content (AvgIpc) is 3.53. The van der Waals surface area contributed by atoms with Gasteiger partial charge in [0.2, 0.25) is 0 Å². The quantitative estimate of drug-likeness (QED) is 0.198. The minimum atomic E-state index is -2.11. The zero-order valence-electron chi connectivity index (χ0n) is 23.7. The molecule has 6 heterocycles. The second kappa shape index (κ2) is 10.3. The van der Waals surface area contributed by atoms with Crippen LogP contribution in [0.2, 0.25) is 0 Å². The molecule has 3 aromatic heterocycles. The number of anilines is 1. The maximum absolute atomic E-state index is 13.9. The Bertz CT molecular complexity index is 2020. The number of aromatic nitrogens is 4. The number of para-hydroxylation sites is 1. The smallest absolute Gasteiger partial charge is 0.414 e. The number of carbonyl (C=O) groups is 2. The number of rotatable bonds is 5. The minimum absolute atomic E-state index is 0.0867. The van der Waals surface area contributed by atoms with Crippen LogP contribution < -0.4 is 16.1 Å². The van der Waals surface area contributed by atoms with Gasteiger partial charge in [0.25, 0.3) is 5.56 Å². The van der Waals surface area contributed by atoms with Crippen molar-refractivity contribution >= 4 is 28.8 Å². The summed E-state index contributed by atoms with van der Waals surface area (Å²) in [5, 5.41) is 41.3. The summed E-state index contributed by atoms with van der Waals surface area (Å²) in [6.07, 6.45) is -6.40. The van der Waals surface area contributed by atoms with Crippen molar-refractivity contribution in [2.75, 3.05) is 11.5 Å². The van der Waals surface area contributed by atoms with Gasteiger partial charge in [-0.3, -0.25) is 9.36 Å². The monoisotopic (exact) mass is 617 g/mol. The summed E-state index contributed by atoms with van der Waals surface area (Å²) in [5.41, 5.74) is -1.04. The Balaban J connectivity index is 1.38. The van der Waals surface area contributed by atoms with E-state index < -0.39 is 65.8 Å². The van der Waals surface area contributed by atoms with Crippen molar-refractivity contribution in [1.29, 1.82) is 0 Å².